The van der Waals surface area contributed by atoms with Gasteiger partial charge in [-0.3, -0.25) is 9.48 Å². The third-order valence-electron chi connectivity index (χ3n) is 4.18. The van der Waals surface area contributed by atoms with E-state index in [1.807, 2.05) is 27.0 Å². The molecule has 0 saturated carbocycles. The lowest BCUT2D eigenvalue weighted by Crippen LogP contribution is -2.36. The number of pyridine rings is 1. The maximum absolute atomic E-state index is 12.7. The molecule has 22 heavy (non-hydrogen) atoms. The molecule has 0 aliphatic carbocycles. The number of rotatable bonds is 4. The van der Waals surface area contributed by atoms with Crippen LogP contribution in [0.4, 0.5) is 0 Å². The first-order chi connectivity index (χ1) is 10.2. The Bertz CT molecular complexity index is 700. The van der Waals surface area contributed by atoms with Gasteiger partial charge in [0.15, 0.2) is 5.65 Å². The Balaban J connectivity index is 2.58. The van der Waals surface area contributed by atoms with Crippen molar-refractivity contribution in [2.45, 2.75) is 53.5 Å². The minimum absolute atomic E-state index is 0.0494. The first-order valence-corrected chi connectivity index (χ1v) is 7.87. The molecule has 2 rings (SSSR count). The summed E-state index contributed by atoms with van der Waals surface area (Å²) >= 11 is 0. The van der Waals surface area contributed by atoms with Gasteiger partial charge in [-0.15, -0.1) is 0 Å². The van der Waals surface area contributed by atoms with Crippen molar-refractivity contribution in [1.82, 2.24) is 20.1 Å². The zero-order valence-corrected chi connectivity index (χ0v) is 14.6. The first kappa shape index (κ1) is 16.5. The molecule has 0 radical (unpaired) electrons. The van der Waals surface area contributed by atoms with Crippen LogP contribution in [0.3, 0.4) is 0 Å². The Labute approximate surface area is 132 Å². The van der Waals surface area contributed by atoms with Crippen molar-refractivity contribution in [3.8, 4) is 0 Å². The molecule has 1 atom stereocenters. The van der Waals surface area contributed by atoms with E-state index in [-0.39, 0.29) is 17.9 Å². The van der Waals surface area contributed by atoms with Crippen LogP contribution in [0.1, 0.15) is 62.3 Å². The highest BCUT2D eigenvalue weighted by Crippen LogP contribution is 2.25. The van der Waals surface area contributed by atoms with E-state index in [2.05, 4.69) is 43.1 Å². The topological polar surface area (TPSA) is 59.8 Å². The third-order valence-corrected chi connectivity index (χ3v) is 4.18. The van der Waals surface area contributed by atoms with Crippen molar-refractivity contribution in [3.63, 3.8) is 0 Å². The minimum Gasteiger partial charge on any atom is -0.349 e. The molecule has 2 aromatic heterocycles. The standard InChI is InChI=1S/C17H26N4O/c1-9(2)11(5)18-17(22)13-8-14(10(3)4)19-16-15(13)12(6)20-21(16)7/h8-11H,1-7H3,(H,18,22). The van der Waals surface area contributed by atoms with E-state index in [0.29, 0.717) is 11.5 Å². The molecule has 0 aliphatic rings. The van der Waals surface area contributed by atoms with Crippen molar-refractivity contribution in [2.75, 3.05) is 0 Å². The fraction of sp³-hybridized carbons (Fsp3) is 0.588. The van der Waals surface area contributed by atoms with Crippen LogP contribution in [0, 0.1) is 12.8 Å². The van der Waals surface area contributed by atoms with Crippen molar-refractivity contribution in [1.29, 1.82) is 0 Å². The van der Waals surface area contributed by atoms with Gasteiger partial charge in [0.2, 0.25) is 0 Å². The Morgan fingerprint density at radius 3 is 2.41 bits per heavy atom. The van der Waals surface area contributed by atoms with Gasteiger partial charge in [-0.05, 0) is 31.7 Å². The van der Waals surface area contributed by atoms with E-state index in [9.17, 15) is 4.79 Å². The van der Waals surface area contributed by atoms with Crippen molar-refractivity contribution < 1.29 is 4.79 Å². The number of nitrogens with one attached hydrogen (secondary N) is 1. The fourth-order valence-electron chi connectivity index (χ4n) is 2.39. The van der Waals surface area contributed by atoms with Crippen LogP contribution in [0.25, 0.3) is 11.0 Å². The number of fused-ring (bicyclic) bond motifs is 1. The molecule has 120 valence electrons. The van der Waals surface area contributed by atoms with E-state index < -0.39 is 0 Å². The Morgan fingerprint density at radius 1 is 1.23 bits per heavy atom. The summed E-state index contributed by atoms with van der Waals surface area (Å²) in [6.07, 6.45) is 0. The lowest BCUT2D eigenvalue weighted by atomic mass is 10.0. The third kappa shape index (κ3) is 2.98. The summed E-state index contributed by atoms with van der Waals surface area (Å²) in [6, 6.07) is 2.03. The van der Waals surface area contributed by atoms with Crippen molar-refractivity contribution >= 4 is 16.9 Å². The predicted octanol–water partition coefficient (Wildman–Crippen LogP) is 3.17. The molecular weight excluding hydrogens is 276 g/mol. The average molecular weight is 302 g/mol. The second-order valence-electron chi connectivity index (χ2n) is 6.66. The highest BCUT2D eigenvalue weighted by molar-refractivity contribution is 6.06. The van der Waals surface area contributed by atoms with Crippen LogP contribution in [-0.2, 0) is 7.05 Å². The second-order valence-corrected chi connectivity index (χ2v) is 6.66. The Morgan fingerprint density at radius 2 is 1.86 bits per heavy atom. The highest BCUT2D eigenvalue weighted by atomic mass is 16.1. The maximum atomic E-state index is 12.7. The molecule has 1 N–H and O–H groups in total. The molecule has 5 nitrogen and oxygen atoms in total. The lowest BCUT2D eigenvalue weighted by molar-refractivity contribution is 0.0932. The number of aromatic nitrogens is 3. The molecule has 0 spiro atoms. The molecule has 0 aromatic carbocycles. The molecule has 0 aliphatic heterocycles. The second kappa shape index (κ2) is 6.07. The summed E-state index contributed by atoms with van der Waals surface area (Å²) in [7, 11) is 1.87. The summed E-state index contributed by atoms with van der Waals surface area (Å²) in [6.45, 7) is 12.3. The molecule has 2 aromatic rings. The lowest BCUT2D eigenvalue weighted by Gasteiger charge is -2.18. The molecule has 0 fully saturated rings. The van der Waals surface area contributed by atoms with Crippen LogP contribution in [0.5, 0.6) is 0 Å². The monoisotopic (exact) mass is 302 g/mol. The number of carbonyl (C=O) groups excluding carboxylic acids is 1. The largest absolute Gasteiger partial charge is 0.349 e. The van der Waals surface area contributed by atoms with Gasteiger partial charge in [0.25, 0.3) is 5.91 Å². The van der Waals surface area contributed by atoms with Gasteiger partial charge in [-0.1, -0.05) is 27.7 Å². The maximum Gasteiger partial charge on any atom is 0.252 e. The van der Waals surface area contributed by atoms with Crippen molar-refractivity contribution in [2.24, 2.45) is 13.0 Å². The smallest absolute Gasteiger partial charge is 0.252 e. The SMILES string of the molecule is Cc1nn(C)c2nc(C(C)C)cc(C(=O)NC(C)C(C)C)c12. The number of carbonyl (C=O) groups is 1. The highest BCUT2D eigenvalue weighted by Gasteiger charge is 2.21. The normalized spacial score (nSPS) is 13.1. The Kier molecular flexibility index (Phi) is 4.54. The van der Waals surface area contributed by atoms with Gasteiger partial charge in [0.05, 0.1) is 16.6 Å². The van der Waals surface area contributed by atoms with E-state index in [1.54, 1.807) is 4.68 Å². The van der Waals surface area contributed by atoms with Gasteiger partial charge in [0, 0.05) is 18.8 Å². The summed E-state index contributed by atoms with van der Waals surface area (Å²) in [4.78, 5) is 17.4. The minimum atomic E-state index is -0.0494. The van der Waals surface area contributed by atoms with Crippen molar-refractivity contribution in [3.05, 3.63) is 23.0 Å². The summed E-state index contributed by atoms with van der Waals surface area (Å²) in [5.74, 6) is 0.598. The van der Waals surface area contributed by atoms with E-state index >= 15 is 0 Å². The zero-order valence-electron chi connectivity index (χ0n) is 14.6. The Hall–Kier alpha value is -1.91. The van der Waals surface area contributed by atoms with Crippen LogP contribution in [-0.4, -0.2) is 26.7 Å². The molecule has 2 heterocycles. The van der Waals surface area contributed by atoms with Crippen LogP contribution < -0.4 is 5.32 Å². The number of aryl methyl sites for hydroxylation is 2. The predicted molar refractivity (Wildman–Crippen MR) is 89.1 cm³/mol. The summed E-state index contributed by atoms with van der Waals surface area (Å²) < 4.78 is 1.75. The van der Waals surface area contributed by atoms with E-state index in [1.165, 1.54) is 0 Å². The number of amides is 1. The van der Waals surface area contributed by atoms with E-state index in [4.69, 9.17) is 0 Å². The van der Waals surface area contributed by atoms with Crippen LogP contribution in [0.2, 0.25) is 0 Å². The van der Waals surface area contributed by atoms with Gasteiger partial charge in [-0.2, -0.15) is 5.10 Å². The number of hydrogen-bond donors (Lipinski definition) is 1. The summed E-state index contributed by atoms with van der Waals surface area (Å²) in [5.41, 5.74) is 3.19. The fourth-order valence-corrected chi connectivity index (χ4v) is 2.39. The molecule has 0 saturated heterocycles. The van der Waals surface area contributed by atoms with Crippen LogP contribution in [0.15, 0.2) is 6.07 Å². The van der Waals surface area contributed by atoms with Gasteiger partial charge in [0.1, 0.15) is 0 Å². The molecule has 5 heteroatoms. The summed E-state index contributed by atoms with van der Waals surface area (Å²) in [5, 5.41) is 8.36. The van der Waals surface area contributed by atoms with E-state index in [0.717, 1.165) is 22.4 Å². The number of nitrogens with zero attached hydrogens (tertiary/aromatic N) is 3. The van der Waals surface area contributed by atoms with Gasteiger partial charge < -0.3 is 5.32 Å². The number of hydrogen-bond acceptors (Lipinski definition) is 3. The van der Waals surface area contributed by atoms with Gasteiger partial charge >= 0.3 is 0 Å². The van der Waals surface area contributed by atoms with Gasteiger partial charge in [-0.25, -0.2) is 4.98 Å². The first-order valence-electron chi connectivity index (χ1n) is 7.87. The zero-order chi connectivity index (χ0) is 16.6. The quantitative estimate of drug-likeness (QED) is 0.943. The molecule has 1 unspecified atom stereocenters. The van der Waals surface area contributed by atoms with Crippen LogP contribution >= 0.6 is 0 Å². The average Bonchev–Trinajstić information content (AvgIpc) is 2.72. The molecule has 0 bridgehead atoms. The molecule has 1 amide bonds. The molecular formula is C17H26N4O.